The van der Waals surface area contributed by atoms with Gasteiger partial charge in [-0.2, -0.15) is 0 Å². The van der Waals surface area contributed by atoms with Crippen molar-refractivity contribution in [1.82, 2.24) is 0 Å². The minimum absolute atomic E-state index is 0.0619. The molecule has 0 aromatic rings. The maximum Gasteiger partial charge on any atom is 0.341 e. The highest BCUT2D eigenvalue weighted by Crippen LogP contribution is 2.24. The minimum atomic E-state index is -1.09. The first-order chi connectivity index (χ1) is 6.20. The van der Waals surface area contributed by atoms with Crippen molar-refractivity contribution in [1.29, 1.82) is 0 Å². The van der Waals surface area contributed by atoms with Gasteiger partial charge in [0, 0.05) is 0 Å². The Balaban J connectivity index is 2.25. The van der Waals surface area contributed by atoms with Gasteiger partial charge in [0.1, 0.15) is 0 Å². The van der Waals surface area contributed by atoms with Gasteiger partial charge in [-0.05, 0) is 12.8 Å². The van der Waals surface area contributed by atoms with Crippen LogP contribution in [-0.4, -0.2) is 23.7 Å². The van der Waals surface area contributed by atoms with E-state index in [4.69, 9.17) is 5.11 Å². The third kappa shape index (κ3) is 3.44. The largest absolute Gasteiger partial charge is 0.479 e. The first kappa shape index (κ1) is 10.0. The molecule has 0 heterocycles. The highest BCUT2D eigenvalue weighted by molar-refractivity contribution is 5.76. The summed E-state index contributed by atoms with van der Waals surface area (Å²) < 4.78 is 4.60. The quantitative estimate of drug-likeness (QED) is 0.672. The Morgan fingerprint density at radius 2 is 1.85 bits per heavy atom. The Hall–Kier alpha value is -1.06. The Labute approximate surface area is 76.9 Å². The van der Waals surface area contributed by atoms with Crippen LogP contribution in [0.2, 0.25) is 0 Å². The number of ether oxygens (including phenoxy) is 1. The van der Waals surface area contributed by atoms with Crippen molar-refractivity contribution in [3.05, 3.63) is 0 Å². The standard InChI is InChI=1S/C9H14O4/c10-8(11)6-13-9(12)7-4-2-1-3-5-7/h7H,1-6H2,(H,10,11). The predicted octanol–water partition coefficient (Wildman–Crippen LogP) is 1.19. The lowest BCUT2D eigenvalue weighted by Gasteiger charge is -2.19. The van der Waals surface area contributed by atoms with Gasteiger partial charge in [-0.15, -0.1) is 0 Å². The second-order valence-electron chi connectivity index (χ2n) is 3.34. The molecule has 4 heteroatoms. The van der Waals surface area contributed by atoms with E-state index >= 15 is 0 Å². The molecule has 0 aliphatic heterocycles. The summed E-state index contributed by atoms with van der Waals surface area (Å²) in [6, 6.07) is 0. The summed E-state index contributed by atoms with van der Waals surface area (Å²) in [6.07, 6.45) is 4.96. The molecule has 1 aliphatic rings. The van der Waals surface area contributed by atoms with Gasteiger partial charge in [-0.25, -0.2) is 4.79 Å². The van der Waals surface area contributed by atoms with Crippen LogP contribution in [0.1, 0.15) is 32.1 Å². The SMILES string of the molecule is O=C(O)COC(=O)C1CCCCC1. The highest BCUT2D eigenvalue weighted by atomic mass is 16.5. The van der Waals surface area contributed by atoms with Crippen LogP contribution >= 0.6 is 0 Å². The van der Waals surface area contributed by atoms with Crippen molar-refractivity contribution in [2.75, 3.05) is 6.61 Å². The zero-order chi connectivity index (χ0) is 9.68. The van der Waals surface area contributed by atoms with Gasteiger partial charge in [-0.1, -0.05) is 19.3 Å². The number of carboxylic acid groups (broad SMARTS) is 1. The molecule has 0 amide bonds. The molecule has 4 nitrogen and oxygen atoms in total. The van der Waals surface area contributed by atoms with E-state index in [1.165, 1.54) is 6.42 Å². The first-order valence-electron chi connectivity index (χ1n) is 4.58. The Kier molecular flexibility index (Phi) is 3.73. The number of carboxylic acids is 1. The van der Waals surface area contributed by atoms with Crippen molar-refractivity contribution in [2.24, 2.45) is 5.92 Å². The number of hydrogen-bond acceptors (Lipinski definition) is 3. The lowest BCUT2D eigenvalue weighted by atomic mass is 9.89. The summed E-state index contributed by atoms with van der Waals surface area (Å²) in [5, 5.41) is 8.28. The second-order valence-corrected chi connectivity index (χ2v) is 3.34. The van der Waals surface area contributed by atoms with Crippen molar-refractivity contribution in [3.8, 4) is 0 Å². The summed E-state index contributed by atoms with van der Waals surface area (Å²) in [5.74, 6) is -1.50. The van der Waals surface area contributed by atoms with Gasteiger partial charge in [0.05, 0.1) is 5.92 Å². The Morgan fingerprint density at radius 1 is 1.23 bits per heavy atom. The van der Waals surface area contributed by atoms with E-state index in [-0.39, 0.29) is 11.9 Å². The average molecular weight is 186 g/mol. The molecular weight excluding hydrogens is 172 g/mol. The molecule has 13 heavy (non-hydrogen) atoms. The van der Waals surface area contributed by atoms with Gasteiger partial charge in [0.15, 0.2) is 6.61 Å². The van der Waals surface area contributed by atoms with Crippen LogP contribution in [0.15, 0.2) is 0 Å². The summed E-state index contributed by atoms with van der Waals surface area (Å²) in [6.45, 7) is -0.505. The van der Waals surface area contributed by atoms with Gasteiger partial charge in [0.2, 0.25) is 0 Å². The van der Waals surface area contributed by atoms with Gasteiger partial charge in [-0.3, -0.25) is 4.79 Å². The van der Waals surface area contributed by atoms with Crippen LogP contribution in [0.4, 0.5) is 0 Å². The monoisotopic (exact) mass is 186 g/mol. The van der Waals surface area contributed by atoms with Gasteiger partial charge < -0.3 is 9.84 Å². The molecule has 1 N–H and O–H groups in total. The summed E-state index contributed by atoms with van der Waals surface area (Å²) >= 11 is 0. The summed E-state index contributed by atoms with van der Waals surface area (Å²) in [7, 11) is 0. The van der Waals surface area contributed by atoms with Crippen LogP contribution in [0, 0.1) is 5.92 Å². The number of esters is 1. The predicted molar refractivity (Wildman–Crippen MR) is 45.2 cm³/mol. The van der Waals surface area contributed by atoms with Gasteiger partial charge >= 0.3 is 11.9 Å². The van der Waals surface area contributed by atoms with Crippen LogP contribution < -0.4 is 0 Å². The summed E-state index contributed by atoms with van der Waals surface area (Å²) in [5.41, 5.74) is 0. The normalized spacial score (nSPS) is 18.2. The van der Waals surface area contributed by atoms with Crippen molar-refractivity contribution in [3.63, 3.8) is 0 Å². The van der Waals surface area contributed by atoms with E-state index in [1.807, 2.05) is 0 Å². The molecule has 0 unspecified atom stereocenters. The molecule has 0 radical (unpaired) electrons. The molecule has 0 atom stereocenters. The number of carbonyl (C=O) groups is 2. The van der Waals surface area contributed by atoms with Crippen molar-refractivity contribution in [2.45, 2.75) is 32.1 Å². The smallest absolute Gasteiger partial charge is 0.341 e. The maximum absolute atomic E-state index is 11.2. The average Bonchev–Trinajstić information content (AvgIpc) is 2.15. The van der Waals surface area contributed by atoms with Crippen molar-refractivity contribution < 1.29 is 19.4 Å². The third-order valence-electron chi connectivity index (χ3n) is 2.28. The van der Waals surface area contributed by atoms with Gasteiger partial charge in [0.25, 0.3) is 0 Å². The van der Waals surface area contributed by atoms with Crippen LogP contribution in [0.3, 0.4) is 0 Å². The Morgan fingerprint density at radius 3 is 2.38 bits per heavy atom. The molecule has 1 saturated carbocycles. The first-order valence-corrected chi connectivity index (χ1v) is 4.58. The second kappa shape index (κ2) is 4.84. The molecule has 1 aliphatic carbocycles. The van der Waals surface area contributed by atoms with Crippen molar-refractivity contribution >= 4 is 11.9 Å². The minimum Gasteiger partial charge on any atom is -0.479 e. The van der Waals surface area contributed by atoms with E-state index in [0.29, 0.717) is 0 Å². The van der Waals surface area contributed by atoms with E-state index in [1.54, 1.807) is 0 Å². The number of carbonyl (C=O) groups excluding carboxylic acids is 1. The highest BCUT2D eigenvalue weighted by Gasteiger charge is 2.22. The molecule has 0 saturated heterocycles. The Bertz CT molecular complexity index is 194. The fraction of sp³-hybridized carbons (Fsp3) is 0.778. The van der Waals surface area contributed by atoms with E-state index in [2.05, 4.69) is 4.74 Å². The van der Waals surface area contributed by atoms with Crippen LogP contribution in [0.25, 0.3) is 0 Å². The van der Waals surface area contributed by atoms with E-state index in [0.717, 1.165) is 25.7 Å². The molecule has 1 rings (SSSR count). The number of aliphatic carboxylic acids is 1. The van der Waals surface area contributed by atoms with Crippen LogP contribution in [0.5, 0.6) is 0 Å². The topological polar surface area (TPSA) is 63.6 Å². The number of hydrogen-bond donors (Lipinski definition) is 1. The van der Waals surface area contributed by atoms with Crippen LogP contribution in [-0.2, 0) is 14.3 Å². The zero-order valence-corrected chi connectivity index (χ0v) is 7.49. The lowest BCUT2D eigenvalue weighted by molar-refractivity contribution is -0.158. The maximum atomic E-state index is 11.2. The zero-order valence-electron chi connectivity index (χ0n) is 7.49. The fourth-order valence-electron chi connectivity index (χ4n) is 1.59. The molecule has 0 spiro atoms. The third-order valence-corrected chi connectivity index (χ3v) is 2.28. The fourth-order valence-corrected chi connectivity index (χ4v) is 1.59. The molecular formula is C9H14O4. The molecule has 0 bridgehead atoms. The molecule has 1 fully saturated rings. The lowest BCUT2D eigenvalue weighted by Crippen LogP contribution is -2.22. The van der Waals surface area contributed by atoms with E-state index < -0.39 is 12.6 Å². The molecule has 74 valence electrons. The number of rotatable bonds is 3. The summed E-state index contributed by atoms with van der Waals surface area (Å²) in [4.78, 5) is 21.3. The molecule has 0 aromatic carbocycles. The molecule has 0 aromatic heterocycles. The van der Waals surface area contributed by atoms with E-state index in [9.17, 15) is 9.59 Å².